The molecule has 1 aliphatic rings. The smallest absolute Gasteiger partial charge is 0.227 e. The van der Waals surface area contributed by atoms with Gasteiger partial charge in [0.05, 0.1) is 6.61 Å². The lowest BCUT2D eigenvalue weighted by Gasteiger charge is -2.31. The van der Waals surface area contributed by atoms with E-state index in [0.717, 1.165) is 24.3 Å². The summed E-state index contributed by atoms with van der Waals surface area (Å²) in [6.07, 6.45) is 1.99. The lowest BCUT2D eigenvalue weighted by Crippen LogP contribution is -2.41. The van der Waals surface area contributed by atoms with Crippen LogP contribution in [0.25, 0.3) is 0 Å². The number of benzene rings is 1. The van der Waals surface area contributed by atoms with Crippen molar-refractivity contribution >= 4 is 17.5 Å². The predicted molar refractivity (Wildman–Crippen MR) is 85.8 cm³/mol. The lowest BCUT2D eigenvalue weighted by molar-refractivity contribution is -0.134. The third kappa shape index (κ3) is 4.23. The molecule has 1 aliphatic heterocycles. The number of rotatable bonds is 5. The molecule has 0 aromatic heterocycles. The SMILES string of the molecule is CCOc1ccc(NC(=O)C2CCN(C(=O)CC)CC2)cc1. The van der Waals surface area contributed by atoms with E-state index in [9.17, 15) is 9.59 Å². The van der Waals surface area contributed by atoms with Crippen molar-refractivity contribution in [3.63, 3.8) is 0 Å². The molecule has 22 heavy (non-hydrogen) atoms. The summed E-state index contributed by atoms with van der Waals surface area (Å²) < 4.78 is 5.38. The van der Waals surface area contributed by atoms with Crippen molar-refractivity contribution in [3.05, 3.63) is 24.3 Å². The Hall–Kier alpha value is -2.04. The number of anilines is 1. The Balaban J connectivity index is 1.84. The first-order valence-corrected chi connectivity index (χ1v) is 7.95. The zero-order valence-corrected chi connectivity index (χ0v) is 13.3. The van der Waals surface area contributed by atoms with E-state index in [-0.39, 0.29) is 17.7 Å². The van der Waals surface area contributed by atoms with E-state index in [2.05, 4.69) is 5.32 Å². The summed E-state index contributed by atoms with van der Waals surface area (Å²) in [6.45, 7) is 5.78. The highest BCUT2D eigenvalue weighted by atomic mass is 16.5. The van der Waals surface area contributed by atoms with Gasteiger partial charge in [-0.15, -0.1) is 0 Å². The van der Waals surface area contributed by atoms with Gasteiger partial charge in [-0.05, 0) is 44.0 Å². The summed E-state index contributed by atoms with van der Waals surface area (Å²) in [5.74, 6) is 0.984. The van der Waals surface area contributed by atoms with Crippen LogP contribution in [-0.4, -0.2) is 36.4 Å². The number of nitrogens with zero attached hydrogens (tertiary/aromatic N) is 1. The summed E-state index contributed by atoms with van der Waals surface area (Å²) >= 11 is 0. The first-order valence-electron chi connectivity index (χ1n) is 7.95. The van der Waals surface area contributed by atoms with Gasteiger partial charge in [0.2, 0.25) is 11.8 Å². The molecule has 1 heterocycles. The Kier molecular flexibility index (Phi) is 5.81. The minimum atomic E-state index is -0.0209. The fourth-order valence-corrected chi connectivity index (χ4v) is 2.66. The van der Waals surface area contributed by atoms with Gasteiger partial charge in [-0.1, -0.05) is 6.92 Å². The van der Waals surface area contributed by atoms with Crippen LogP contribution in [0.3, 0.4) is 0 Å². The molecule has 0 aliphatic carbocycles. The summed E-state index contributed by atoms with van der Waals surface area (Å²) in [5, 5.41) is 2.94. The number of hydrogen-bond donors (Lipinski definition) is 1. The van der Waals surface area contributed by atoms with Crippen molar-refractivity contribution in [3.8, 4) is 5.75 Å². The predicted octanol–water partition coefficient (Wildman–Crippen LogP) is 2.67. The van der Waals surface area contributed by atoms with Crippen molar-refractivity contribution in [2.75, 3.05) is 25.0 Å². The van der Waals surface area contributed by atoms with E-state index in [4.69, 9.17) is 4.74 Å². The third-order valence-electron chi connectivity index (χ3n) is 3.95. The van der Waals surface area contributed by atoms with Crippen LogP contribution < -0.4 is 10.1 Å². The van der Waals surface area contributed by atoms with Gasteiger partial charge < -0.3 is 15.0 Å². The molecule has 5 heteroatoms. The van der Waals surface area contributed by atoms with Crippen LogP contribution in [0.15, 0.2) is 24.3 Å². The van der Waals surface area contributed by atoms with Gasteiger partial charge in [0.1, 0.15) is 5.75 Å². The molecule has 1 fully saturated rings. The number of piperidine rings is 1. The highest BCUT2D eigenvalue weighted by Crippen LogP contribution is 2.21. The van der Waals surface area contributed by atoms with Crippen molar-refractivity contribution in [1.82, 2.24) is 4.90 Å². The molecular weight excluding hydrogens is 280 g/mol. The molecule has 0 unspecified atom stereocenters. The second kappa shape index (κ2) is 7.82. The van der Waals surface area contributed by atoms with E-state index in [1.165, 1.54) is 0 Å². The average Bonchev–Trinajstić information content (AvgIpc) is 2.56. The molecule has 0 radical (unpaired) electrons. The summed E-state index contributed by atoms with van der Waals surface area (Å²) in [5.41, 5.74) is 0.778. The number of carbonyl (C=O) groups is 2. The molecule has 120 valence electrons. The first kappa shape index (κ1) is 16.3. The van der Waals surface area contributed by atoms with Crippen LogP contribution >= 0.6 is 0 Å². The van der Waals surface area contributed by atoms with Gasteiger partial charge in [-0.25, -0.2) is 0 Å². The molecule has 1 aromatic rings. The van der Waals surface area contributed by atoms with Crippen LogP contribution in [0, 0.1) is 5.92 Å². The number of hydrogen-bond acceptors (Lipinski definition) is 3. The Morgan fingerprint density at radius 3 is 2.36 bits per heavy atom. The quantitative estimate of drug-likeness (QED) is 0.910. The Morgan fingerprint density at radius 1 is 1.18 bits per heavy atom. The van der Waals surface area contributed by atoms with Crippen molar-refractivity contribution < 1.29 is 14.3 Å². The van der Waals surface area contributed by atoms with Crippen LogP contribution in [0.4, 0.5) is 5.69 Å². The highest BCUT2D eigenvalue weighted by molar-refractivity contribution is 5.92. The van der Waals surface area contributed by atoms with Gasteiger partial charge in [0.25, 0.3) is 0 Å². The number of nitrogens with one attached hydrogen (secondary N) is 1. The number of amides is 2. The molecule has 1 saturated heterocycles. The molecule has 1 N–H and O–H groups in total. The van der Waals surface area contributed by atoms with Crippen LogP contribution in [0.5, 0.6) is 5.75 Å². The van der Waals surface area contributed by atoms with E-state index in [1.54, 1.807) is 0 Å². The van der Waals surface area contributed by atoms with Crippen LogP contribution in [-0.2, 0) is 9.59 Å². The number of likely N-dealkylation sites (tertiary alicyclic amines) is 1. The van der Waals surface area contributed by atoms with Crippen molar-refractivity contribution in [1.29, 1.82) is 0 Å². The Labute approximate surface area is 131 Å². The van der Waals surface area contributed by atoms with Gasteiger partial charge in [-0.2, -0.15) is 0 Å². The zero-order chi connectivity index (χ0) is 15.9. The van der Waals surface area contributed by atoms with Gasteiger partial charge >= 0.3 is 0 Å². The largest absolute Gasteiger partial charge is 0.494 e. The minimum Gasteiger partial charge on any atom is -0.494 e. The molecule has 5 nitrogen and oxygen atoms in total. The van der Waals surface area contributed by atoms with Crippen LogP contribution in [0.1, 0.15) is 33.1 Å². The summed E-state index contributed by atoms with van der Waals surface area (Å²) in [4.78, 5) is 25.8. The average molecular weight is 304 g/mol. The monoisotopic (exact) mass is 304 g/mol. The fourth-order valence-electron chi connectivity index (χ4n) is 2.66. The number of carbonyl (C=O) groups excluding carboxylic acids is 2. The lowest BCUT2D eigenvalue weighted by atomic mass is 9.95. The van der Waals surface area contributed by atoms with Gasteiger partial charge in [-0.3, -0.25) is 9.59 Å². The third-order valence-corrected chi connectivity index (χ3v) is 3.95. The molecule has 1 aromatic carbocycles. The maximum Gasteiger partial charge on any atom is 0.227 e. The van der Waals surface area contributed by atoms with Crippen LogP contribution in [0.2, 0.25) is 0 Å². The summed E-state index contributed by atoms with van der Waals surface area (Å²) in [7, 11) is 0. The second-order valence-electron chi connectivity index (χ2n) is 5.46. The normalized spacial score (nSPS) is 15.5. The maximum absolute atomic E-state index is 12.3. The molecular formula is C17H24N2O3. The Morgan fingerprint density at radius 2 is 1.82 bits per heavy atom. The summed E-state index contributed by atoms with van der Waals surface area (Å²) in [6, 6.07) is 7.39. The first-order chi connectivity index (χ1) is 10.6. The zero-order valence-electron chi connectivity index (χ0n) is 13.3. The van der Waals surface area contributed by atoms with E-state index in [0.29, 0.717) is 26.1 Å². The standard InChI is InChI=1S/C17H24N2O3/c1-3-16(20)19-11-9-13(10-12-19)17(21)18-14-5-7-15(8-6-14)22-4-2/h5-8,13H,3-4,9-12H2,1-2H3,(H,18,21). The van der Waals surface area contributed by atoms with Crippen molar-refractivity contribution in [2.45, 2.75) is 33.1 Å². The van der Waals surface area contributed by atoms with Crippen molar-refractivity contribution in [2.24, 2.45) is 5.92 Å². The number of ether oxygens (including phenoxy) is 1. The van der Waals surface area contributed by atoms with E-state index in [1.807, 2.05) is 43.0 Å². The highest BCUT2D eigenvalue weighted by Gasteiger charge is 2.26. The van der Waals surface area contributed by atoms with E-state index < -0.39 is 0 Å². The topological polar surface area (TPSA) is 58.6 Å². The molecule has 2 rings (SSSR count). The van der Waals surface area contributed by atoms with Gasteiger partial charge in [0.15, 0.2) is 0 Å². The maximum atomic E-state index is 12.3. The van der Waals surface area contributed by atoms with Gasteiger partial charge in [0, 0.05) is 31.1 Å². The fraction of sp³-hybridized carbons (Fsp3) is 0.529. The molecule has 0 atom stereocenters. The Bertz CT molecular complexity index is 505. The second-order valence-corrected chi connectivity index (χ2v) is 5.46. The molecule has 0 saturated carbocycles. The molecule has 0 bridgehead atoms. The molecule has 0 spiro atoms. The van der Waals surface area contributed by atoms with E-state index >= 15 is 0 Å². The molecule has 2 amide bonds. The minimum absolute atomic E-state index is 0.0209.